The van der Waals surface area contributed by atoms with Crippen LogP contribution in [0.25, 0.3) is 21.9 Å². The fraction of sp³-hybridized carbons (Fsp3) is 0.444. The first-order valence-corrected chi connectivity index (χ1v) is 8.62. The number of aromatic nitrogens is 3. The average Bonchev–Trinajstić information content (AvgIpc) is 3.00. The van der Waals surface area contributed by atoms with E-state index in [9.17, 15) is 0 Å². The number of nitrogens with two attached hydrogens (primary N) is 1. The summed E-state index contributed by atoms with van der Waals surface area (Å²) in [5.41, 5.74) is 7.86. The van der Waals surface area contributed by atoms with Gasteiger partial charge in [-0.05, 0) is 50.5 Å². The Bertz CT molecular complexity index is 851. The number of aromatic amines is 1. The predicted molar refractivity (Wildman–Crippen MR) is 96.1 cm³/mol. The van der Waals surface area contributed by atoms with Crippen molar-refractivity contribution in [3.8, 4) is 5.75 Å². The van der Waals surface area contributed by atoms with Gasteiger partial charge in [-0.15, -0.1) is 0 Å². The Morgan fingerprint density at radius 2 is 2.17 bits per heavy atom. The van der Waals surface area contributed by atoms with Crippen LogP contribution in [0, 0.1) is 5.92 Å². The highest BCUT2D eigenvalue weighted by Crippen LogP contribution is 2.35. The molecule has 0 amide bonds. The largest absolute Gasteiger partial charge is 0.489 e. The number of likely N-dealkylation sites (tertiary alicyclic amines) is 1. The van der Waals surface area contributed by atoms with Gasteiger partial charge in [-0.2, -0.15) is 0 Å². The number of pyridine rings is 2. The molecule has 126 valence electrons. The molecule has 0 unspecified atom stereocenters. The van der Waals surface area contributed by atoms with Crippen LogP contribution < -0.4 is 10.5 Å². The van der Waals surface area contributed by atoms with Crippen LogP contribution in [0.1, 0.15) is 19.8 Å². The summed E-state index contributed by atoms with van der Waals surface area (Å²) < 4.78 is 6.17. The molecule has 0 spiro atoms. The van der Waals surface area contributed by atoms with Crippen molar-refractivity contribution in [3.05, 3.63) is 24.5 Å². The number of hydrogen-bond donors (Lipinski definition) is 2. The van der Waals surface area contributed by atoms with Gasteiger partial charge in [-0.25, -0.2) is 9.97 Å². The molecular formula is C18H23N5O. The molecule has 0 aromatic carbocycles. The zero-order chi connectivity index (χ0) is 16.5. The molecular weight excluding hydrogens is 302 g/mol. The highest BCUT2D eigenvalue weighted by molar-refractivity contribution is 6.10. The summed E-state index contributed by atoms with van der Waals surface area (Å²) in [6, 6.07) is 3.96. The maximum Gasteiger partial charge on any atom is 0.171 e. The first-order valence-electron chi connectivity index (χ1n) is 8.62. The van der Waals surface area contributed by atoms with Gasteiger partial charge in [0.1, 0.15) is 5.65 Å². The Balaban J connectivity index is 1.60. The zero-order valence-electron chi connectivity index (χ0n) is 14.0. The van der Waals surface area contributed by atoms with Gasteiger partial charge < -0.3 is 20.4 Å². The van der Waals surface area contributed by atoms with E-state index in [2.05, 4.69) is 26.8 Å². The average molecular weight is 325 g/mol. The van der Waals surface area contributed by atoms with E-state index in [1.807, 2.05) is 12.1 Å². The van der Waals surface area contributed by atoms with E-state index in [-0.39, 0.29) is 0 Å². The van der Waals surface area contributed by atoms with Gasteiger partial charge in [0.2, 0.25) is 0 Å². The summed E-state index contributed by atoms with van der Waals surface area (Å²) in [7, 11) is 0. The topological polar surface area (TPSA) is 80.1 Å². The van der Waals surface area contributed by atoms with Crippen LogP contribution >= 0.6 is 0 Å². The second kappa shape index (κ2) is 6.28. The quantitative estimate of drug-likeness (QED) is 0.771. The molecule has 1 aliphatic heterocycles. The van der Waals surface area contributed by atoms with Gasteiger partial charge in [-0.3, -0.25) is 0 Å². The molecule has 3 N–H and O–H groups in total. The van der Waals surface area contributed by atoms with Crippen molar-refractivity contribution in [2.45, 2.75) is 19.8 Å². The van der Waals surface area contributed by atoms with Gasteiger partial charge in [-0.1, -0.05) is 6.92 Å². The van der Waals surface area contributed by atoms with Crippen LogP contribution in [0.2, 0.25) is 0 Å². The number of fused-ring (bicyclic) bond motifs is 3. The van der Waals surface area contributed by atoms with E-state index < -0.39 is 0 Å². The van der Waals surface area contributed by atoms with E-state index in [4.69, 9.17) is 10.5 Å². The summed E-state index contributed by atoms with van der Waals surface area (Å²) in [4.78, 5) is 14.4. The van der Waals surface area contributed by atoms with Crippen LogP contribution in [0.5, 0.6) is 5.75 Å². The lowest BCUT2D eigenvalue weighted by molar-refractivity contribution is 0.147. The Kier molecular flexibility index (Phi) is 3.98. The lowest BCUT2D eigenvalue weighted by Gasteiger charge is -2.30. The molecule has 3 aromatic heterocycles. The molecule has 1 saturated heterocycles. The van der Waals surface area contributed by atoms with Gasteiger partial charge in [0.25, 0.3) is 0 Å². The molecule has 1 fully saturated rings. The minimum Gasteiger partial charge on any atom is -0.489 e. The van der Waals surface area contributed by atoms with Crippen LogP contribution in [-0.2, 0) is 0 Å². The SMILES string of the molecule is CCN1CCC(COc2c(N)ncc3[nH]c4ncccc4c23)CC1. The highest BCUT2D eigenvalue weighted by Gasteiger charge is 2.20. The molecule has 0 aliphatic carbocycles. The van der Waals surface area contributed by atoms with Crippen molar-refractivity contribution in [2.75, 3.05) is 32.0 Å². The number of ether oxygens (including phenoxy) is 1. The highest BCUT2D eigenvalue weighted by atomic mass is 16.5. The van der Waals surface area contributed by atoms with E-state index in [1.165, 1.54) is 12.8 Å². The normalized spacial score (nSPS) is 16.9. The Labute approximate surface area is 141 Å². The Hall–Kier alpha value is -2.34. The van der Waals surface area contributed by atoms with E-state index >= 15 is 0 Å². The van der Waals surface area contributed by atoms with Crippen molar-refractivity contribution >= 4 is 27.8 Å². The monoisotopic (exact) mass is 325 g/mol. The fourth-order valence-electron chi connectivity index (χ4n) is 3.52. The van der Waals surface area contributed by atoms with Crippen LogP contribution in [0.3, 0.4) is 0 Å². The molecule has 0 atom stereocenters. The molecule has 24 heavy (non-hydrogen) atoms. The van der Waals surface area contributed by atoms with Gasteiger partial charge in [0.15, 0.2) is 11.6 Å². The third-order valence-electron chi connectivity index (χ3n) is 5.01. The standard InChI is InChI=1S/C18H23N5O/c1-2-23-8-5-12(6-9-23)11-24-16-15-13-4-3-7-20-18(13)22-14(15)10-21-17(16)19/h3-4,7,10,12H,2,5-6,8-9,11H2,1H3,(H2,19,21)(H,20,22). The second-order valence-electron chi connectivity index (χ2n) is 6.47. The van der Waals surface area contributed by atoms with E-state index in [1.54, 1.807) is 12.4 Å². The molecule has 3 aromatic rings. The smallest absolute Gasteiger partial charge is 0.171 e. The van der Waals surface area contributed by atoms with Crippen molar-refractivity contribution in [3.63, 3.8) is 0 Å². The third kappa shape index (κ3) is 2.67. The lowest BCUT2D eigenvalue weighted by Crippen LogP contribution is -2.35. The van der Waals surface area contributed by atoms with Crippen molar-refractivity contribution in [1.29, 1.82) is 0 Å². The summed E-state index contributed by atoms with van der Waals surface area (Å²) in [5.74, 6) is 1.70. The van der Waals surface area contributed by atoms with Gasteiger partial charge >= 0.3 is 0 Å². The second-order valence-corrected chi connectivity index (χ2v) is 6.47. The minimum atomic E-state index is 0.443. The predicted octanol–water partition coefficient (Wildman–Crippen LogP) is 2.80. The number of nitrogens with zero attached hydrogens (tertiary/aromatic N) is 3. The number of rotatable bonds is 4. The molecule has 1 aliphatic rings. The zero-order valence-corrected chi connectivity index (χ0v) is 14.0. The summed E-state index contributed by atoms with van der Waals surface area (Å²) in [6.45, 7) is 6.34. The number of hydrogen-bond acceptors (Lipinski definition) is 5. The number of H-pyrrole nitrogens is 1. The first-order chi connectivity index (χ1) is 11.8. The number of nitrogens with one attached hydrogen (secondary N) is 1. The molecule has 0 bridgehead atoms. The van der Waals surface area contributed by atoms with Gasteiger partial charge in [0, 0.05) is 11.6 Å². The minimum absolute atomic E-state index is 0.443. The molecule has 0 radical (unpaired) electrons. The van der Waals surface area contributed by atoms with Crippen molar-refractivity contribution in [2.24, 2.45) is 5.92 Å². The summed E-state index contributed by atoms with van der Waals surface area (Å²) in [6.07, 6.45) is 5.87. The molecule has 6 nitrogen and oxygen atoms in total. The number of piperidine rings is 1. The lowest BCUT2D eigenvalue weighted by atomic mass is 9.98. The molecule has 4 heterocycles. The number of nitrogen functional groups attached to an aromatic ring is 1. The third-order valence-corrected chi connectivity index (χ3v) is 5.01. The van der Waals surface area contributed by atoms with Crippen LogP contribution in [0.15, 0.2) is 24.5 Å². The number of anilines is 1. The fourth-order valence-corrected chi connectivity index (χ4v) is 3.52. The van der Waals surface area contributed by atoms with E-state index in [0.717, 1.165) is 41.6 Å². The maximum atomic E-state index is 6.17. The van der Waals surface area contributed by atoms with Crippen LogP contribution in [-0.4, -0.2) is 46.1 Å². The van der Waals surface area contributed by atoms with Crippen molar-refractivity contribution in [1.82, 2.24) is 19.9 Å². The van der Waals surface area contributed by atoms with E-state index in [0.29, 0.717) is 24.1 Å². The van der Waals surface area contributed by atoms with Gasteiger partial charge in [0.05, 0.1) is 23.7 Å². The summed E-state index contributed by atoms with van der Waals surface area (Å²) in [5, 5.41) is 2.01. The Morgan fingerprint density at radius 3 is 2.96 bits per heavy atom. The summed E-state index contributed by atoms with van der Waals surface area (Å²) >= 11 is 0. The van der Waals surface area contributed by atoms with Crippen LogP contribution in [0.4, 0.5) is 5.82 Å². The first kappa shape index (κ1) is 15.2. The Morgan fingerprint density at radius 1 is 1.33 bits per heavy atom. The molecule has 4 rings (SSSR count). The molecule has 0 saturated carbocycles. The maximum absolute atomic E-state index is 6.17. The molecule has 6 heteroatoms. The van der Waals surface area contributed by atoms with Crippen molar-refractivity contribution < 1.29 is 4.74 Å².